The summed E-state index contributed by atoms with van der Waals surface area (Å²) in [5, 5.41) is 16.2. The van der Waals surface area contributed by atoms with E-state index < -0.39 is 5.97 Å². The molecule has 2 N–H and O–H groups in total. The maximum absolute atomic E-state index is 10.2. The molecule has 1 aromatic rings. The molecule has 15 heavy (non-hydrogen) atoms. The fourth-order valence-corrected chi connectivity index (χ4v) is 0.896. The molecule has 3 heteroatoms. The standard InChI is InChI=1S/C9H10O2.C3H8O/c10-9(11)7-6-8-4-2-1-3-5-8;1-2-3-4/h1-5H,6-7H2,(H,10,11);4H,2-3H2,1H3. The second-order valence-electron chi connectivity index (χ2n) is 3.10. The molecule has 0 heterocycles. The molecule has 0 aliphatic heterocycles. The lowest BCUT2D eigenvalue weighted by atomic mass is 10.1. The molecule has 0 unspecified atom stereocenters. The summed E-state index contributed by atoms with van der Waals surface area (Å²) in [6.07, 6.45) is 1.71. The molecule has 84 valence electrons. The second-order valence-corrected chi connectivity index (χ2v) is 3.10. The van der Waals surface area contributed by atoms with Gasteiger partial charge in [0.25, 0.3) is 0 Å². The Labute approximate surface area is 90.4 Å². The van der Waals surface area contributed by atoms with Gasteiger partial charge in [-0.1, -0.05) is 37.3 Å². The van der Waals surface area contributed by atoms with Gasteiger partial charge in [-0.2, -0.15) is 0 Å². The highest BCUT2D eigenvalue weighted by Crippen LogP contribution is 2.01. The Hall–Kier alpha value is -1.35. The number of hydrogen-bond donors (Lipinski definition) is 2. The molecule has 0 aliphatic carbocycles. The monoisotopic (exact) mass is 210 g/mol. The van der Waals surface area contributed by atoms with Crippen molar-refractivity contribution >= 4 is 5.97 Å². The van der Waals surface area contributed by atoms with E-state index in [4.69, 9.17) is 10.2 Å². The summed E-state index contributed by atoms with van der Waals surface area (Å²) in [7, 11) is 0. The van der Waals surface area contributed by atoms with Gasteiger partial charge in [-0.25, -0.2) is 0 Å². The van der Waals surface area contributed by atoms with Crippen LogP contribution in [0.15, 0.2) is 30.3 Å². The van der Waals surface area contributed by atoms with Crippen LogP contribution in [0, 0.1) is 0 Å². The maximum Gasteiger partial charge on any atom is 0.303 e. The second kappa shape index (κ2) is 9.21. The van der Waals surface area contributed by atoms with Gasteiger partial charge < -0.3 is 10.2 Å². The minimum atomic E-state index is -0.742. The van der Waals surface area contributed by atoms with Gasteiger partial charge in [-0.15, -0.1) is 0 Å². The number of aliphatic hydroxyl groups excluding tert-OH is 1. The highest BCUT2D eigenvalue weighted by Gasteiger charge is 1.96. The normalized spacial score (nSPS) is 8.93. The number of carboxylic acids is 1. The van der Waals surface area contributed by atoms with Gasteiger partial charge in [0, 0.05) is 13.0 Å². The van der Waals surface area contributed by atoms with E-state index in [2.05, 4.69) is 0 Å². The maximum atomic E-state index is 10.2. The highest BCUT2D eigenvalue weighted by molar-refractivity contribution is 5.67. The molecule has 0 aromatic heterocycles. The van der Waals surface area contributed by atoms with Crippen molar-refractivity contribution in [1.82, 2.24) is 0 Å². The van der Waals surface area contributed by atoms with Crippen molar-refractivity contribution in [1.29, 1.82) is 0 Å². The van der Waals surface area contributed by atoms with E-state index in [9.17, 15) is 4.79 Å². The van der Waals surface area contributed by atoms with E-state index in [0.29, 0.717) is 13.0 Å². The zero-order valence-corrected chi connectivity index (χ0v) is 9.02. The molecule has 0 saturated carbocycles. The van der Waals surface area contributed by atoms with Gasteiger partial charge in [-0.3, -0.25) is 4.79 Å². The zero-order valence-electron chi connectivity index (χ0n) is 9.02. The third-order valence-corrected chi connectivity index (χ3v) is 1.69. The number of carbonyl (C=O) groups is 1. The SMILES string of the molecule is CCCO.O=C(O)CCc1ccccc1. The topological polar surface area (TPSA) is 57.5 Å². The van der Waals surface area contributed by atoms with Crippen LogP contribution in [-0.2, 0) is 11.2 Å². The van der Waals surface area contributed by atoms with Gasteiger partial charge in [0.15, 0.2) is 0 Å². The van der Waals surface area contributed by atoms with Gasteiger partial charge in [0.1, 0.15) is 0 Å². The molecular formula is C12H18O3. The Balaban J connectivity index is 0.000000423. The molecular weight excluding hydrogens is 192 g/mol. The Kier molecular flexibility index (Phi) is 8.39. The van der Waals surface area contributed by atoms with E-state index in [0.717, 1.165) is 12.0 Å². The van der Waals surface area contributed by atoms with Crippen molar-refractivity contribution in [3.63, 3.8) is 0 Å². The van der Waals surface area contributed by atoms with E-state index >= 15 is 0 Å². The minimum Gasteiger partial charge on any atom is -0.481 e. The summed E-state index contributed by atoms with van der Waals surface area (Å²) in [5.74, 6) is -0.742. The van der Waals surface area contributed by atoms with Crippen molar-refractivity contribution in [2.24, 2.45) is 0 Å². The molecule has 3 nitrogen and oxygen atoms in total. The highest BCUT2D eigenvalue weighted by atomic mass is 16.4. The van der Waals surface area contributed by atoms with Crippen molar-refractivity contribution < 1.29 is 15.0 Å². The van der Waals surface area contributed by atoms with Gasteiger partial charge >= 0.3 is 5.97 Å². The average molecular weight is 210 g/mol. The number of aliphatic hydroxyl groups is 1. The molecule has 0 radical (unpaired) electrons. The fourth-order valence-electron chi connectivity index (χ4n) is 0.896. The predicted molar refractivity (Wildman–Crippen MR) is 59.8 cm³/mol. The number of aryl methyl sites for hydroxylation is 1. The van der Waals surface area contributed by atoms with Crippen LogP contribution in [0.3, 0.4) is 0 Å². The Morgan fingerprint density at radius 2 is 1.80 bits per heavy atom. The quantitative estimate of drug-likeness (QED) is 0.800. The van der Waals surface area contributed by atoms with Crippen molar-refractivity contribution in [3.8, 4) is 0 Å². The van der Waals surface area contributed by atoms with Crippen LogP contribution in [0.25, 0.3) is 0 Å². The van der Waals surface area contributed by atoms with E-state index in [-0.39, 0.29) is 6.42 Å². The predicted octanol–water partition coefficient (Wildman–Crippen LogP) is 2.09. The molecule has 0 saturated heterocycles. The van der Waals surface area contributed by atoms with E-state index in [1.54, 1.807) is 0 Å². The van der Waals surface area contributed by atoms with Crippen molar-refractivity contribution in [2.75, 3.05) is 6.61 Å². The lowest BCUT2D eigenvalue weighted by molar-refractivity contribution is -0.136. The zero-order chi connectivity index (χ0) is 11.5. The lowest BCUT2D eigenvalue weighted by Gasteiger charge is -1.95. The Morgan fingerprint density at radius 1 is 1.27 bits per heavy atom. The number of aliphatic carboxylic acids is 1. The molecule has 0 amide bonds. The first kappa shape index (κ1) is 13.7. The number of rotatable bonds is 4. The van der Waals surface area contributed by atoms with Crippen LogP contribution in [0.4, 0.5) is 0 Å². The molecule has 0 spiro atoms. The molecule has 0 atom stereocenters. The average Bonchev–Trinajstić information content (AvgIpc) is 2.28. The van der Waals surface area contributed by atoms with Gasteiger partial charge in [0.05, 0.1) is 0 Å². The Bertz CT molecular complexity index is 255. The first-order valence-electron chi connectivity index (χ1n) is 5.07. The van der Waals surface area contributed by atoms with Crippen LogP contribution in [-0.4, -0.2) is 22.8 Å². The number of benzene rings is 1. The molecule has 1 rings (SSSR count). The summed E-state index contributed by atoms with van der Waals surface area (Å²) in [4.78, 5) is 10.2. The van der Waals surface area contributed by atoms with Crippen molar-refractivity contribution in [3.05, 3.63) is 35.9 Å². The van der Waals surface area contributed by atoms with Gasteiger partial charge in [0.2, 0.25) is 0 Å². The van der Waals surface area contributed by atoms with Gasteiger partial charge in [-0.05, 0) is 18.4 Å². The van der Waals surface area contributed by atoms with Crippen LogP contribution < -0.4 is 0 Å². The molecule has 0 aliphatic rings. The third-order valence-electron chi connectivity index (χ3n) is 1.69. The molecule has 0 bridgehead atoms. The van der Waals surface area contributed by atoms with Crippen LogP contribution in [0.2, 0.25) is 0 Å². The fraction of sp³-hybridized carbons (Fsp3) is 0.417. The third kappa shape index (κ3) is 8.97. The number of hydrogen-bond acceptors (Lipinski definition) is 2. The van der Waals surface area contributed by atoms with E-state index in [1.165, 1.54) is 0 Å². The van der Waals surface area contributed by atoms with Crippen molar-refractivity contribution in [2.45, 2.75) is 26.2 Å². The summed E-state index contributed by atoms with van der Waals surface area (Å²) in [6, 6.07) is 9.62. The first-order chi connectivity index (χ1) is 7.20. The summed E-state index contributed by atoms with van der Waals surface area (Å²) in [5.41, 5.74) is 1.08. The van der Waals surface area contributed by atoms with E-state index in [1.807, 2.05) is 37.3 Å². The molecule has 0 fully saturated rings. The summed E-state index contributed by atoms with van der Waals surface area (Å²) >= 11 is 0. The summed E-state index contributed by atoms with van der Waals surface area (Å²) in [6.45, 7) is 2.25. The summed E-state index contributed by atoms with van der Waals surface area (Å²) < 4.78 is 0. The minimum absolute atomic E-state index is 0.212. The smallest absolute Gasteiger partial charge is 0.303 e. The number of carboxylic acid groups (broad SMARTS) is 1. The Morgan fingerprint density at radius 3 is 2.20 bits per heavy atom. The first-order valence-corrected chi connectivity index (χ1v) is 5.07. The van der Waals surface area contributed by atoms with Crippen LogP contribution in [0.1, 0.15) is 25.3 Å². The van der Waals surface area contributed by atoms with Crippen LogP contribution >= 0.6 is 0 Å². The molecule has 1 aromatic carbocycles. The largest absolute Gasteiger partial charge is 0.481 e. The van der Waals surface area contributed by atoms with Crippen LogP contribution in [0.5, 0.6) is 0 Å². The lowest BCUT2D eigenvalue weighted by Crippen LogP contribution is -1.96.